The molecule has 0 bridgehead atoms. The smallest absolute Gasteiger partial charge is 0.329 e. The van der Waals surface area contributed by atoms with Gasteiger partial charge in [-0.05, 0) is 54.4 Å². The van der Waals surface area contributed by atoms with Crippen LogP contribution in [0.15, 0.2) is 58.0 Å². The van der Waals surface area contributed by atoms with Gasteiger partial charge in [-0.25, -0.2) is 5.43 Å². The fourth-order valence-electron chi connectivity index (χ4n) is 3.21. The van der Waals surface area contributed by atoms with Crippen LogP contribution in [0, 0.1) is 0 Å². The lowest BCUT2D eigenvalue weighted by molar-refractivity contribution is -0.139. The molecule has 3 rings (SSSR count). The average Bonchev–Trinajstić information content (AvgIpc) is 3.40. The molecule has 14 heteroatoms. The van der Waals surface area contributed by atoms with Crippen molar-refractivity contribution in [3.63, 3.8) is 0 Å². The molecule has 0 aliphatic heterocycles. The molecule has 0 aliphatic rings. The van der Waals surface area contributed by atoms with Crippen molar-refractivity contribution in [2.45, 2.75) is 13.0 Å². The average molecular weight is 590 g/mol. The molecule has 0 radical (unpaired) electrons. The van der Waals surface area contributed by atoms with Crippen molar-refractivity contribution in [2.75, 3.05) is 26.1 Å². The third kappa shape index (κ3) is 8.75. The molecule has 4 N–H and O–H groups in total. The number of methoxy groups -OCH3 is 2. The highest BCUT2D eigenvalue weighted by molar-refractivity contribution is 6.43. The van der Waals surface area contributed by atoms with Crippen LogP contribution < -0.4 is 30.8 Å². The van der Waals surface area contributed by atoms with E-state index >= 15 is 0 Å². The number of carbonyl (C=O) groups excluding carboxylic acids is 4. The fraction of sp³-hybridized carbons (Fsp3) is 0.192. The number of hydrazone groups is 1. The van der Waals surface area contributed by atoms with Crippen LogP contribution >= 0.6 is 23.2 Å². The third-order valence-corrected chi connectivity index (χ3v) is 5.94. The zero-order chi connectivity index (χ0) is 29.1. The van der Waals surface area contributed by atoms with E-state index in [1.807, 2.05) is 6.07 Å². The highest BCUT2D eigenvalue weighted by atomic mass is 35.5. The Morgan fingerprint density at radius 2 is 1.60 bits per heavy atom. The molecule has 0 saturated carbocycles. The van der Waals surface area contributed by atoms with Gasteiger partial charge >= 0.3 is 23.6 Å². The Bertz CT molecular complexity index is 1420. The summed E-state index contributed by atoms with van der Waals surface area (Å²) in [6.45, 7) is 0.125. The van der Waals surface area contributed by atoms with E-state index in [0.29, 0.717) is 34.4 Å². The molecule has 3 aromatic rings. The lowest BCUT2D eigenvalue weighted by Gasteiger charge is -2.09. The first-order valence-corrected chi connectivity index (χ1v) is 12.4. The van der Waals surface area contributed by atoms with Gasteiger partial charge in [0.1, 0.15) is 11.5 Å². The van der Waals surface area contributed by atoms with Gasteiger partial charge in [-0.3, -0.25) is 19.2 Å². The highest BCUT2D eigenvalue weighted by Crippen LogP contribution is 2.27. The number of amides is 4. The summed E-state index contributed by atoms with van der Waals surface area (Å²) < 4.78 is 15.9. The van der Waals surface area contributed by atoms with Crippen LogP contribution in [0.5, 0.6) is 11.5 Å². The summed E-state index contributed by atoms with van der Waals surface area (Å²) in [7, 11) is 3.06. The summed E-state index contributed by atoms with van der Waals surface area (Å²) in [6, 6.07) is 12.8. The van der Waals surface area contributed by atoms with Crippen LogP contribution in [0.1, 0.15) is 17.1 Å². The van der Waals surface area contributed by atoms with Gasteiger partial charge in [-0.15, -0.1) is 0 Å². The Hall–Kier alpha value is -4.55. The van der Waals surface area contributed by atoms with Crippen LogP contribution in [0.25, 0.3) is 0 Å². The number of anilines is 1. The number of halogens is 2. The fourth-order valence-corrected chi connectivity index (χ4v) is 3.51. The zero-order valence-corrected chi connectivity index (χ0v) is 22.9. The molecule has 0 spiro atoms. The van der Waals surface area contributed by atoms with Crippen molar-refractivity contribution in [3.05, 3.63) is 75.7 Å². The van der Waals surface area contributed by atoms with E-state index in [9.17, 15) is 19.2 Å². The quantitative estimate of drug-likeness (QED) is 0.160. The molecular weight excluding hydrogens is 565 g/mol. The van der Waals surface area contributed by atoms with Crippen LogP contribution in [-0.4, -0.2) is 50.6 Å². The van der Waals surface area contributed by atoms with Gasteiger partial charge in [-0.1, -0.05) is 29.3 Å². The summed E-state index contributed by atoms with van der Waals surface area (Å²) in [6.07, 6.45) is 1.64. The van der Waals surface area contributed by atoms with E-state index in [1.54, 1.807) is 18.2 Å². The SMILES string of the molecule is COc1ccc(CCNC(=O)C(=O)N/N=C/c2ccc(CNC(=O)C(=O)Nc3ccc(Cl)c(Cl)c3)o2)cc1OC. The van der Waals surface area contributed by atoms with Gasteiger partial charge < -0.3 is 29.8 Å². The Labute approximate surface area is 239 Å². The standard InChI is InChI=1S/C26H25Cl2N5O7/c1-38-21-8-3-15(11-22(21)39-2)9-10-29-24(35)26(37)33-31-14-18-6-5-17(40-18)13-30-23(34)25(36)32-16-4-7-19(27)20(28)12-16/h3-8,11-12,14H,9-10,13H2,1-2H3,(H,29,35)(H,30,34)(H,32,36)(H,33,37)/b31-14+. The summed E-state index contributed by atoms with van der Waals surface area (Å²) in [4.78, 5) is 48.1. The monoisotopic (exact) mass is 589 g/mol. The predicted molar refractivity (Wildman–Crippen MR) is 148 cm³/mol. The molecule has 4 amide bonds. The van der Waals surface area contributed by atoms with E-state index in [0.717, 1.165) is 5.56 Å². The largest absolute Gasteiger partial charge is 0.493 e. The van der Waals surface area contributed by atoms with E-state index < -0.39 is 23.6 Å². The lowest BCUT2D eigenvalue weighted by Crippen LogP contribution is -2.38. The van der Waals surface area contributed by atoms with Crippen molar-refractivity contribution in [3.8, 4) is 11.5 Å². The first-order valence-electron chi connectivity index (χ1n) is 11.6. The summed E-state index contributed by atoms with van der Waals surface area (Å²) in [5.41, 5.74) is 3.29. The third-order valence-electron chi connectivity index (χ3n) is 5.20. The number of nitrogens with zero attached hydrogens (tertiary/aromatic N) is 1. The summed E-state index contributed by atoms with van der Waals surface area (Å²) in [5.74, 6) is -1.93. The maximum atomic E-state index is 12.1. The topological polar surface area (TPSA) is 160 Å². The van der Waals surface area contributed by atoms with Crippen molar-refractivity contribution in [2.24, 2.45) is 5.10 Å². The van der Waals surface area contributed by atoms with Gasteiger partial charge in [-0.2, -0.15) is 5.10 Å². The molecule has 210 valence electrons. The molecule has 1 aromatic heterocycles. The Morgan fingerprint density at radius 1 is 0.850 bits per heavy atom. The van der Waals surface area contributed by atoms with Crippen LogP contribution in [0.3, 0.4) is 0 Å². The van der Waals surface area contributed by atoms with Gasteiger partial charge in [0, 0.05) is 12.2 Å². The molecule has 0 aliphatic carbocycles. The molecule has 1 heterocycles. The van der Waals surface area contributed by atoms with Crippen molar-refractivity contribution in [1.29, 1.82) is 0 Å². The predicted octanol–water partition coefficient (Wildman–Crippen LogP) is 2.67. The Balaban J connectivity index is 1.38. The number of nitrogens with one attached hydrogen (secondary N) is 4. The van der Waals surface area contributed by atoms with E-state index in [-0.39, 0.29) is 23.9 Å². The van der Waals surface area contributed by atoms with E-state index in [2.05, 4.69) is 26.5 Å². The summed E-state index contributed by atoms with van der Waals surface area (Å²) >= 11 is 11.7. The van der Waals surface area contributed by atoms with E-state index in [1.165, 1.54) is 44.7 Å². The number of rotatable bonds is 10. The van der Waals surface area contributed by atoms with E-state index in [4.69, 9.17) is 37.1 Å². The first kappa shape index (κ1) is 30.0. The zero-order valence-electron chi connectivity index (χ0n) is 21.4. The lowest BCUT2D eigenvalue weighted by atomic mass is 10.1. The second kappa shape index (κ2) is 14.6. The minimum atomic E-state index is -0.962. The van der Waals surface area contributed by atoms with Crippen LogP contribution in [-0.2, 0) is 32.1 Å². The second-order valence-electron chi connectivity index (χ2n) is 7.96. The second-order valence-corrected chi connectivity index (χ2v) is 8.78. The Morgan fingerprint density at radius 3 is 2.33 bits per heavy atom. The highest BCUT2D eigenvalue weighted by Gasteiger charge is 2.15. The van der Waals surface area contributed by atoms with Crippen LogP contribution in [0.2, 0.25) is 10.0 Å². The number of hydrogen-bond donors (Lipinski definition) is 4. The van der Waals surface area contributed by atoms with Crippen molar-refractivity contribution >= 4 is 58.7 Å². The summed E-state index contributed by atoms with van der Waals surface area (Å²) in [5, 5.41) is 11.5. The van der Waals surface area contributed by atoms with Gasteiger partial charge in [0.15, 0.2) is 11.5 Å². The number of hydrogen-bond acceptors (Lipinski definition) is 8. The number of furan rings is 1. The molecular formula is C26H25Cl2N5O7. The van der Waals surface area contributed by atoms with Gasteiger partial charge in [0.05, 0.1) is 37.0 Å². The van der Waals surface area contributed by atoms with Gasteiger partial charge in [0.25, 0.3) is 0 Å². The maximum absolute atomic E-state index is 12.1. The maximum Gasteiger partial charge on any atom is 0.329 e. The molecule has 0 atom stereocenters. The first-order chi connectivity index (χ1) is 19.2. The minimum Gasteiger partial charge on any atom is -0.493 e. The van der Waals surface area contributed by atoms with Gasteiger partial charge in [0.2, 0.25) is 0 Å². The molecule has 0 saturated heterocycles. The molecule has 12 nitrogen and oxygen atoms in total. The van der Waals surface area contributed by atoms with Crippen molar-refractivity contribution < 1.29 is 33.1 Å². The Kier molecular flexibility index (Phi) is 10.9. The molecule has 0 unspecified atom stereocenters. The number of carbonyl (C=O) groups is 4. The molecule has 40 heavy (non-hydrogen) atoms. The minimum absolute atomic E-state index is 0.0870. The number of benzene rings is 2. The van der Waals surface area contributed by atoms with Crippen LogP contribution in [0.4, 0.5) is 5.69 Å². The van der Waals surface area contributed by atoms with Crippen molar-refractivity contribution in [1.82, 2.24) is 16.1 Å². The molecule has 2 aromatic carbocycles. The normalized spacial score (nSPS) is 10.6. The molecule has 0 fully saturated rings. The number of ether oxygens (including phenoxy) is 2.